The van der Waals surface area contributed by atoms with Gasteiger partial charge in [0.25, 0.3) is 11.9 Å². The Bertz CT molecular complexity index is 1550. The van der Waals surface area contributed by atoms with Gasteiger partial charge in [-0.3, -0.25) is 9.48 Å². The van der Waals surface area contributed by atoms with Crippen molar-refractivity contribution in [2.24, 2.45) is 0 Å². The van der Waals surface area contributed by atoms with E-state index in [1.165, 1.54) is 23.0 Å². The van der Waals surface area contributed by atoms with Crippen molar-refractivity contribution in [2.75, 3.05) is 36.5 Å². The molecule has 1 saturated heterocycles. The van der Waals surface area contributed by atoms with Crippen LogP contribution in [0.2, 0.25) is 0 Å². The number of halogens is 2. The van der Waals surface area contributed by atoms with Crippen molar-refractivity contribution in [3.05, 3.63) is 65.9 Å². The molecule has 4 heterocycles. The maximum Gasteiger partial charge on any atom is 0.258 e. The van der Waals surface area contributed by atoms with E-state index in [1.807, 2.05) is 26.8 Å². The second kappa shape index (κ2) is 9.64. The molecule has 0 spiro atoms. The monoisotopic (exact) mass is 521 g/mol. The number of aromatic nitrogens is 5. The van der Waals surface area contributed by atoms with Crippen molar-refractivity contribution in [3.8, 4) is 11.1 Å². The van der Waals surface area contributed by atoms with Crippen LogP contribution in [0.15, 0.2) is 37.2 Å². The maximum atomic E-state index is 15.0. The van der Waals surface area contributed by atoms with Gasteiger partial charge in [0.05, 0.1) is 36.2 Å². The summed E-state index contributed by atoms with van der Waals surface area (Å²) in [5, 5.41) is 10.8. The molecule has 0 atom stereocenters. The second-order valence-corrected chi connectivity index (χ2v) is 10.2. The SMILES string of the molecule is C=Cc1nc2c(N3CCOCC3)cc(-c3cc(C(=O)Nc4cn(C(C)(C)C)nc4F)c(F)cc3C)cn2n1. The average molecular weight is 522 g/mol. The first-order valence-electron chi connectivity index (χ1n) is 12.3. The van der Waals surface area contributed by atoms with Gasteiger partial charge >= 0.3 is 0 Å². The predicted octanol–water partition coefficient (Wildman–Crippen LogP) is 4.67. The number of ether oxygens (including phenoxy) is 1. The minimum Gasteiger partial charge on any atom is -0.378 e. The Morgan fingerprint density at radius 1 is 1.13 bits per heavy atom. The summed E-state index contributed by atoms with van der Waals surface area (Å²) in [6.45, 7) is 13.6. The van der Waals surface area contributed by atoms with Crippen LogP contribution in [0.4, 0.5) is 20.2 Å². The molecule has 3 aromatic heterocycles. The smallest absolute Gasteiger partial charge is 0.258 e. The number of morpholine rings is 1. The highest BCUT2D eigenvalue weighted by atomic mass is 19.1. The van der Waals surface area contributed by atoms with Crippen molar-refractivity contribution in [1.82, 2.24) is 24.4 Å². The van der Waals surface area contributed by atoms with Gasteiger partial charge in [-0.1, -0.05) is 6.58 Å². The van der Waals surface area contributed by atoms with Crippen LogP contribution in [0.3, 0.4) is 0 Å². The fraction of sp³-hybridized carbons (Fsp3) is 0.333. The molecule has 1 amide bonds. The lowest BCUT2D eigenvalue weighted by Crippen LogP contribution is -2.36. The number of benzene rings is 1. The highest BCUT2D eigenvalue weighted by Gasteiger charge is 2.23. The van der Waals surface area contributed by atoms with Gasteiger partial charge in [0.15, 0.2) is 11.5 Å². The van der Waals surface area contributed by atoms with E-state index >= 15 is 4.39 Å². The first kappa shape index (κ1) is 25.5. The van der Waals surface area contributed by atoms with Gasteiger partial charge < -0.3 is 15.0 Å². The Balaban J connectivity index is 1.56. The number of nitrogens with one attached hydrogen (secondary N) is 1. The Hall–Kier alpha value is -4.12. The summed E-state index contributed by atoms with van der Waals surface area (Å²) in [7, 11) is 0. The average Bonchev–Trinajstić information content (AvgIpc) is 3.47. The number of amides is 1. The third-order valence-corrected chi connectivity index (χ3v) is 6.44. The van der Waals surface area contributed by atoms with Crippen molar-refractivity contribution >= 4 is 29.0 Å². The van der Waals surface area contributed by atoms with Crippen LogP contribution in [-0.2, 0) is 10.3 Å². The first-order chi connectivity index (χ1) is 18.0. The topological polar surface area (TPSA) is 89.6 Å². The third-order valence-electron chi connectivity index (χ3n) is 6.44. The number of hydrogen-bond acceptors (Lipinski definition) is 6. The molecule has 5 rings (SSSR count). The number of carbonyl (C=O) groups is 1. The van der Waals surface area contributed by atoms with E-state index in [-0.39, 0.29) is 11.3 Å². The molecular weight excluding hydrogens is 492 g/mol. The van der Waals surface area contributed by atoms with E-state index in [4.69, 9.17) is 4.74 Å². The molecule has 1 aliphatic heterocycles. The normalized spacial score (nSPS) is 14.2. The molecule has 38 heavy (non-hydrogen) atoms. The van der Waals surface area contributed by atoms with Gasteiger partial charge in [-0.25, -0.2) is 13.9 Å². The molecule has 4 aromatic rings. The molecule has 0 radical (unpaired) electrons. The lowest BCUT2D eigenvalue weighted by Gasteiger charge is -2.29. The molecule has 0 aliphatic carbocycles. The molecule has 11 heteroatoms. The van der Waals surface area contributed by atoms with Crippen molar-refractivity contribution in [1.29, 1.82) is 0 Å². The van der Waals surface area contributed by atoms with Crippen LogP contribution < -0.4 is 10.2 Å². The van der Waals surface area contributed by atoms with Gasteiger partial charge in [-0.05, 0) is 63.1 Å². The molecule has 0 bridgehead atoms. The second-order valence-electron chi connectivity index (χ2n) is 10.2. The highest BCUT2D eigenvalue weighted by molar-refractivity contribution is 6.05. The van der Waals surface area contributed by atoms with E-state index in [9.17, 15) is 9.18 Å². The summed E-state index contributed by atoms with van der Waals surface area (Å²) in [5.74, 6) is -1.85. The Labute approximate surface area is 218 Å². The molecule has 0 saturated carbocycles. The van der Waals surface area contributed by atoms with Gasteiger partial charge in [-0.15, -0.1) is 10.2 Å². The first-order valence-corrected chi connectivity index (χ1v) is 12.3. The summed E-state index contributed by atoms with van der Waals surface area (Å²) < 4.78 is 38.1. The van der Waals surface area contributed by atoms with Crippen LogP contribution in [0.5, 0.6) is 0 Å². The van der Waals surface area contributed by atoms with Gasteiger partial charge in [0, 0.05) is 24.8 Å². The van der Waals surface area contributed by atoms with E-state index in [0.29, 0.717) is 48.9 Å². The zero-order valence-corrected chi connectivity index (χ0v) is 21.8. The van der Waals surface area contributed by atoms with Gasteiger partial charge in [-0.2, -0.15) is 4.39 Å². The quantitative estimate of drug-likeness (QED) is 0.411. The molecular formula is C27H29F2N7O2. The largest absolute Gasteiger partial charge is 0.378 e. The van der Waals surface area contributed by atoms with Gasteiger partial charge in [0.2, 0.25) is 0 Å². The van der Waals surface area contributed by atoms with Crippen molar-refractivity contribution in [3.63, 3.8) is 0 Å². The number of carbonyl (C=O) groups excluding carboxylic acids is 1. The minimum absolute atomic E-state index is 0.123. The molecule has 1 aromatic carbocycles. The summed E-state index contributed by atoms with van der Waals surface area (Å²) >= 11 is 0. The number of pyridine rings is 1. The molecule has 1 N–H and O–H groups in total. The molecule has 1 aliphatic rings. The number of hydrogen-bond donors (Lipinski definition) is 1. The van der Waals surface area contributed by atoms with Crippen LogP contribution in [0.1, 0.15) is 42.5 Å². The van der Waals surface area contributed by atoms with E-state index in [1.54, 1.807) is 23.7 Å². The Morgan fingerprint density at radius 2 is 1.87 bits per heavy atom. The number of rotatable bonds is 5. The van der Waals surface area contributed by atoms with Crippen LogP contribution in [0, 0.1) is 18.7 Å². The third kappa shape index (κ3) is 4.76. The lowest BCUT2D eigenvalue weighted by atomic mass is 9.98. The highest BCUT2D eigenvalue weighted by Crippen LogP contribution is 2.32. The van der Waals surface area contributed by atoms with E-state index in [2.05, 4.69) is 32.0 Å². The van der Waals surface area contributed by atoms with Crippen molar-refractivity contribution < 1.29 is 18.3 Å². The Kier molecular flexibility index (Phi) is 6.47. The number of aryl methyl sites for hydroxylation is 1. The molecule has 198 valence electrons. The van der Waals surface area contributed by atoms with Gasteiger partial charge in [0.1, 0.15) is 11.5 Å². The predicted molar refractivity (Wildman–Crippen MR) is 141 cm³/mol. The molecule has 0 unspecified atom stereocenters. The standard InChI is InChI=1S/C27H29F2N7O2/c1-6-23-31-25-22(34-7-9-38-10-8-34)12-17(14-35(25)32-23)18-13-19(20(28)11-16(18)2)26(37)30-21-15-36(27(3,4)5)33-24(21)29/h6,11-15H,1,7-10H2,2-5H3,(H,30,37). The number of anilines is 2. The summed E-state index contributed by atoms with van der Waals surface area (Å²) in [5.41, 5.74) is 2.66. The minimum atomic E-state index is -0.842. The lowest BCUT2D eigenvalue weighted by molar-refractivity contribution is 0.102. The van der Waals surface area contributed by atoms with E-state index in [0.717, 1.165) is 11.3 Å². The summed E-state index contributed by atoms with van der Waals surface area (Å²) in [6, 6.07) is 4.73. The zero-order chi connectivity index (χ0) is 27.2. The fourth-order valence-corrected chi connectivity index (χ4v) is 4.38. The molecule has 9 nitrogen and oxygen atoms in total. The fourth-order valence-electron chi connectivity index (χ4n) is 4.38. The number of fused-ring (bicyclic) bond motifs is 1. The van der Waals surface area contributed by atoms with Crippen molar-refractivity contribution in [2.45, 2.75) is 33.2 Å². The number of nitrogens with zero attached hydrogens (tertiary/aromatic N) is 6. The summed E-state index contributed by atoms with van der Waals surface area (Å²) in [4.78, 5) is 19.8. The zero-order valence-electron chi connectivity index (χ0n) is 21.8. The molecule has 1 fully saturated rings. The van der Waals surface area contributed by atoms with E-state index < -0.39 is 23.2 Å². The maximum absolute atomic E-state index is 15.0. The van der Waals surface area contributed by atoms with Crippen LogP contribution in [0.25, 0.3) is 22.9 Å². The van der Waals surface area contributed by atoms with Crippen LogP contribution >= 0.6 is 0 Å². The van der Waals surface area contributed by atoms with Crippen LogP contribution in [-0.4, -0.2) is 56.6 Å². The summed E-state index contributed by atoms with van der Waals surface area (Å²) in [6.07, 6.45) is 4.75. The Morgan fingerprint density at radius 3 is 2.53 bits per heavy atom.